The van der Waals surface area contributed by atoms with Gasteiger partial charge in [-0.05, 0) is 30.8 Å². The highest BCUT2D eigenvalue weighted by atomic mass is 32.2. The molecule has 1 rings (SSSR count). The molecule has 0 aromatic rings. The van der Waals surface area contributed by atoms with E-state index in [1.165, 1.54) is 6.08 Å². The van der Waals surface area contributed by atoms with Crippen molar-refractivity contribution in [2.24, 2.45) is 11.8 Å². The summed E-state index contributed by atoms with van der Waals surface area (Å²) in [6, 6.07) is 0. The zero-order valence-electron chi connectivity index (χ0n) is 9.62. The molecule has 0 aliphatic heterocycles. The van der Waals surface area contributed by atoms with Crippen molar-refractivity contribution in [1.29, 1.82) is 0 Å². The fraction of sp³-hybridized carbons (Fsp3) is 0.800. The molecule has 3 nitrogen and oxygen atoms in total. The predicted octanol–water partition coefficient (Wildman–Crippen LogP) is 3.19. The van der Waals surface area contributed by atoms with E-state index in [0.717, 1.165) is 0 Å². The largest absolute Gasteiger partial charge is 0.534 e. The Kier molecular flexibility index (Phi) is 4.11. The van der Waals surface area contributed by atoms with E-state index in [1.807, 2.05) is 13.8 Å². The van der Waals surface area contributed by atoms with Crippen LogP contribution < -0.4 is 0 Å². The molecular formula is C10H15F3O3S. The van der Waals surface area contributed by atoms with Gasteiger partial charge in [0.25, 0.3) is 0 Å². The van der Waals surface area contributed by atoms with Crippen LogP contribution in [-0.4, -0.2) is 13.9 Å². The van der Waals surface area contributed by atoms with Crippen LogP contribution in [0.25, 0.3) is 0 Å². The van der Waals surface area contributed by atoms with E-state index in [2.05, 4.69) is 4.18 Å². The Morgan fingerprint density at radius 1 is 1.41 bits per heavy atom. The lowest BCUT2D eigenvalue weighted by molar-refractivity contribution is -0.0524. The van der Waals surface area contributed by atoms with Crippen molar-refractivity contribution in [3.63, 3.8) is 0 Å². The Balaban J connectivity index is 2.68. The average Bonchev–Trinajstić information content (AvgIpc) is 2.16. The molecule has 0 aromatic carbocycles. The van der Waals surface area contributed by atoms with Crippen LogP contribution in [0.5, 0.6) is 0 Å². The fourth-order valence-corrected chi connectivity index (χ4v) is 2.23. The molecule has 7 heteroatoms. The van der Waals surface area contributed by atoms with Crippen LogP contribution in [-0.2, 0) is 14.3 Å². The molecule has 0 bridgehead atoms. The molecule has 100 valence electrons. The van der Waals surface area contributed by atoms with Crippen LogP contribution >= 0.6 is 0 Å². The van der Waals surface area contributed by atoms with E-state index in [4.69, 9.17) is 0 Å². The fourth-order valence-electron chi connectivity index (χ4n) is 1.70. The topological polar surface area (TPSA) is 43.4 Å². The standard InChI is InChI=1S/C10H15F3O3S/c1-7(2)8-3-5-9(6-4-8)16-17(14,15)10(11,12)13/h5,7-8H,3-4,6H2,1-2H3/t8-/m0/s1. The molecule has 0 amide bonds. The third kappa shape index (κ3) is 3.62. The van der Waals surface area contributed by atoms with Gasteiger partial charge in [-0.15, -0.1) is 0 Å². The minimum Gasteiger partial charge on any atom is -0.381 e. The molecule has 17 heavy (non-hydrogen) atoms. The Labute approximate surface area is 98.8 Å². The smallest absolute Gasteiger partial charge is 0.381 e. The second-order valence-electron chi connectivity index (χ2n) is 4.43. The maximum atomic E-state index is 12.1. The van der Waals surface area contributed by atoms with E-state index in [1.54, 1.807) is 0 Å². The second-order valence-corrected chi connectivity index (χ2v) is 5.97. The molecular weight excluding hydrogens is 257 g/mol. The summed E-state index contributed by atoms with van der Waals surface area (Å²) < 4.78 is 61.7. The van der Waals surface area contributed by atoms with Crippen molar-refractivity contribution in [3.8, 4) is 0 Å². The van der Waals surface area contributed by atoms with Gasteiger partial charge in [0.1, 0.15) is 5.76 Å². The molecule has 0 radical (unpaired) electrons. The lowest BCUT2D eigenvalue weighted by Gasteiger charge is -2.24. The first-order chi connectivity index (χ1) is 7.63. The third-order valence-corrected chi connectivity index (χ3v) is 3.85. The molecule has 0 N–H and O–H groups in total. The van der Waals surface area contributed by atoms with Gasteiger partial charge in [0.2, 0.25) is 0 Å². The number of allylic oxidation sites excluding steroid dienone is 2. The van der Waals surface area contributed by atoms with Crippen molar-refractivity contribution in [2.45, 2.75) is 38.6 Å². The summed E-state index contributed by atoms with van der Waals surface area (Å²) in [6.45, 7) is 4.05. The molecule has 1 aliphatic carbocycles. The summed E-state index contributed by atoms with van der Waals surface area (Å²) in [4.78, 5) is 0. The highest BCUT2D eigenvalue weighted by molar-refractivity contribution is 7.87. The van der Waals surface area contributed by atoms with Gasteiger partial charge in [0.05, 0.1) is 0 Å². The SMILES string of the molecule is CC(C)[C@H]1CC=C(OS(=O)(=O)C(F)(F)F)CC1. The Morgan fingerprint density at radius 2 is 2.00 bits per heavy atom. The first-order valence-corrected chi connectivity index (χ1v) is 6.74. The van der Waals surface area contributed by atoms with E-state index in [-0.39, 0.29) is 12.2 Å². The van der Waals surface area contributed by atoms with E-state index in [9.17, 15) is 21.6 Å². The molecule has 0 fully saturated rings. The van der Waals surface area contributed by atoms with E-state index < -0.39 is 15.6 Å². The van der Waals surface area contributed by atoms with Gasteiger partial charge >= 0.3 is 15.6 Å². The van der Waals surface area contributed by atoms with Crippen molar-refractivity contribution in [3.05, 3.63) is 11.8 Å². The van der Waals surface area contributed by atoms with Crippen LogP contribution in [0.4, 0.5) is 13.2 Å². The molecule has 1 aliphatic rings. The van der Waals surface area contributed by atoms with Gasteiger partial charge in [0, 0.05) is 6.42 Å². The maximum Gasteiger partial charge on any atom is 0.534 e. The summed E-state index contributed by atoms with van der Waals surface area (Å²) in [6.07, 6.45) is 2.88. The lowest BCUT2D eigenvalue weighted by Crippen LogP contribution is -2.26. The Hall–Kier alpha value is -0.720. The molecule has 0 spiro atoms. The lowest BCUT2D eigenvalue weighted by atomic mass is 9.85. The first-order valence-electron chi connectivity index (χ1n) is 5.33. The quantitative estimate of drug-likeness (QED) is 0.585. The molecule has 0 saturated carbocycles. The number of halogens is 3. The van der Waals surface area contributed by atoms with Crippen LogP contribution in [0, 0.1) is 11.8 Å². The third-order valence-electron chi connectivity index (χ3n) is 2.85. The monoisotopic (exact) mass is 272 g/mol. The Morgan fingerprint density at radius 3 is 2.35 bits per heavy atom. The van der Waals surface area contributed by atoms with Gasteiger partial charge in [-0.3, -0.25) is 0 Å². The van der Waals surface area contributed by atoms with Crippen molar-refractivity contribution >= 4 is 10.1 Å². The van der Waals surface area contributed by atoms with Gasteiger partial charge < -0.3 is 4.18 Å². The summed E-state index contributed by atoms with van der Waals surface area (Å²) in [5.41, 5.74) is -5.36. The number of alkyl halides is 3. The summed E-state index contributed by atoms with van der Waals surface area (Å²) in [7, 11) is -5.50. The van der Waals surface area contributed by atoms with Crippen molar-refractivity contribution in [1.82, 2.24) is 0 Å². The van der Waals surface area contributed by atoms with E-state index in [0.29, 0.717) is 24.7 Å². The van der Waals surface area contributed by atoms with Gasteiger partial charge in [0.15, 0.2) is 0 Å². The first kappa shape index (κ1) is 14.3. The van der Waals surface area contributed by atoms with E-state index >= 15 is 0 Å². The maximum absolute atomic E-state index is 12.1. The zero-order chi connectivity index (χ0) is 13.3. The van der Waals surface area contributed by atoms with Gasteiger partial charge in [-0.1, -0.05) is 13.8 Å². The van der Waals surface area contributed by atoms with Crippen LogP contribution in [0.3, 0.4) is 0 Å². The van der Waals surface area contributed by atoms with Crippen LogP contribution in [0.1, 0.15) is 33.1 Å². The highest BCUT2D eigenvalue weighted by Gasteiger charge is 2.48. The van der Waals surface area contributed by atoms with Gasteiger partial charge in [-0.25, -0.2) is 0 Å². The normalized spacial score (nSPS) is 22.5. The van der Waals surface area contributed by atoms with Crippen LogP contribution in [0.15, 0.2) is 11.8 Å². The van der Waals surface area contributed by atoms with Gasteiger partial charge in [-0.2, -0.15) is 21.6 Å². The second kappa shape index (κ2) is 4.88. The molecule has 0 saturated heterocycles. The minimum atomic E-state index is -5.50. The summed E-state index contributed by atoms with van der Waals surface area (Å²) in [5, 5.41) is 0. The number of hydrogen-bond acceptors (Lipinski definition) is 3. The zero-order valence-corrected chi connectivity index (χ0v) is 10.4. The molecule has 0 heterocycles. The summed E-state index contributed by atoms with van der Waals surface area (Å²) >= 11 is 0. The molecule has 0 unspecified atom stereocenters. The minimum absolute atomic E-state index is 0.0979. The molecule has 0 aromatic heterocycles. The van der Waals surface area contributed by atoms with Crippen molar-refractivity contribution < 1.29 is 25.8 Å². The molecule has 1 atom stereocenters. The van der Waals surface area contributed by atoms with Crippen LogP contribution in [0.2, 0.25) is 0 Å². The number of hydrogen-bond donors (Lipinski definition) is 0. The predicted molar refractivity (Wildman–Crippen MR) is 56.3 cm³/mol. The highest BCUT2D eigenvalue weighted by Crippen LogP contribution is 2.33. The number of rotatable bonds is 3. The average molecular weight is 272 g/mol. The van der Waals surface area contributed by atoms with Crippen molar-refractivity contribution in [2.75, 3.05) is 0 Å². The Bertz CT molecular complexity index is 396. The summed E-state index contributed by atoms with van der Waals surface area (Å²) in [5.74, 6) is 0.696.